The third-order valence-electron chi connectivity index (χ3n) is 4.78. The zero-order valence-electron chi connectivity index (χ0n) is 13.3. The van der Waals surface area contributed by atoms with E-state index in [0.717, 1.165) is 22.7 Å². The van der Waals surface area contributed by atoms with Crippen LogP contribution in [-0.4, -0.2) is 25.5 Å². The molecule has 0 amide bonds. The highest BCUT2D eigenvalue weighted by Crippen LogP contribution is 2.43. The van der Waals surface area contributed by atoms with E-state index in [0.29, 0.717) is 18.8 Å². The highest BCUT2D eigenvalue weighted by atomic mass is 16.3. The highest BCUT2D eigenvalue weighted by Gasteiger charge is 2.40. The van der Waals surface area contributed by atoms with E-state index < -0.39 is 0 Å². The fraction of sp³-hybridized carbons (Fsp3) is 0.222. The molecule has 0 radical (unpaired) electrons. The molecular weight excluding hydrogens is 318 g/mol. The number of nitrogens with one attached hydrogen (secondary N) is 1. The van der Waals surface area contributed by atoms with E-state index >= 15 is 0 Å². The Morgan fingerprint density at radius 3 is 2.92 bits per heavy atom. The number of nitrogens with zero attached hydrogens (tertiary/aromatic N) is 4. The van der Waals surface area contributed by atoms with Crippen molar-refractivity contribution in [3.8, 4) is 0 Å². The second-order valence-electron chi connectivity index (χ2n) is 6.25. The fourth-order valence-electron chi connectivity index (χ4n) is 3.69. The van der Waals surface area contributed by atoms with Crippen LogP contribution < -0.4 is 5.32 Å². The maximum Gasteiger partial charge on any atom is 0.226 e. The van der Waals surface area contributed by atoms with Crippen molar-refractivity contribution in [3.05, 3.63) is 71.8 Å². The van der Waals surface area contributed by atoms with Crippen molar-refractivity contribution < 1.29 is 9.21 Å². The molecule has 7 nitrogen and oxygen atoms in total. The van der Waals surface area contributed by atoms with Crippen molar-refractivity contribution in [2.45, 2.75) is 24.8 Å². The number of allylic oxidation sites excluding steroid dienone is 2. The minimum atomic E-state index is -0.347. The molecule has 2 atom stereocenters. The molecule has 5 rings (SSSR count). The van der Waals surface area contributed by atoms with Crippen LogP contribution in [0.2, 0.25) is 0 Å². The first kappa shape index (κ1) is 14.2. The van der Waals surface area contributed by atoms with Gasteiger partial charge in [-0.3, -0.25) is 9.78 Å². The van der Waals surface area contributed by atoms with Gasteiger partial charge in [-0.25, -0.2) is 4.68 Å². The number of ketones is 1. The van der Waals surface area contributed by atoms with Crippen LogP contribution in [0.15, 0.2) is 64.8 Å². The number of furan rings is 1. The SMILES string of the molecule is O=C1C[C@@H](c2ccco2)CC2=C1[C@@H](c1ccccn1)n1ncnc1N2. The molecule has 25 heavy (non-hydrogen) atoms. The molecule has 7 heteroatoms. The molecule has 124 valence electrons. The zero-order valence-corrected chi connectivity index (χ0v) is 13.3. The standard InChI is InChI=1S/C18H15N5O2/c24-14-9-11(15-5-3-7-25-15)8-13-16(14)17(12-4-1-2-6-19-12)23-18(22-13)20-10-21-23/h1-7,10-11,17H,8-9H2,(H,20,21,22)/t11-,17+/m0/s1. The van der Waals surface area contributed by atoms with Gasteiger partial charge >= 0.3 is 0 Å². The molecule has 2 aliphatic rings. The summed E-state index contributed by atoms with van der Waals surface area (Å²) in [6.07, 6.45) is 5.98. The molecular formula is C18H15N5O2. The molecule has 0 bridgehead atoms. The number of anilines is 1. The normalized spacial score (nSPS) is 22.3. The van der Waals surface area contributed by atoms with E-state index in [-0.39, 0.29) is 17.7 Å². The lowest BCUT2D eigenvalue weighted by Crippen LogP contribution is -2.33. The van der Waals surface area contributed by atoms with Gasteiger partial charge < -0.3 is 9.73 Å². The van der Waals surface area contributed by atoms with Crippen molar-refractivity contribution >= 4 is 11.7 Å². The maximum absolute atomic E-state index is 13.0. The number of carbonyl (C=O) groups excluding carboxylic acids is 1. The molecule has 3 aromatic heterocycles. The summed E-state index contributed by atoms with van der Waals surface area (Å²) in [6, 6.07) is 9.12. The second-order valence-corrected chi connectivity index (χ2v) is 6.25. The summed E-state index contributed by atoms with van der Waals surface area (Å²) in [6.45, 7) is 0. The molecule has 1 aliphatic heterocycles. The Morgan fingerprint density at radius 1 is 1.16 bits per heavy atom. The first-order valence-corrected chi connectivity index (χ1v) is 8.18. The van der Waals surface area contributed by atoms with Crippen LogP contribution in [0.3, 0.4) is 0 Å². The Bertz CT molecular complexity index is 959. The molecule has 0 saturated carbocycles. The monoisotopic (exact) mass is 333 g/mol. The number of pyridine rings is 1. The van der Waals surface area contributed by atoms with Crippen LogP contribution in [0.4, 0.5) is 5.95 Å². The summed E-state index contributed by atoms with van der Waals surface area (Å²) < 4.78 is 7.25. The minimum absolute atomic E-state index is 0.0348. The molecule has 0 fully saturated rings. The van der Waals surface area contributed by atoms with Crippen molar-refractivity contribution in [1.82, 2.24) is 19.7 Å². The Kier molecular flexibility index (Phi) is 3.06. The summed E-state index contributed by atoms with van der Waals surface area (Å²) in [4.78, 5) is 21.8. The number of aromatic nitrogens is 4. The van der Waals surface area contributed by atoms with Gasteiger partial charge in [-0.2, -0.15) is 10.1 Å². The van der Waals surface area contributed by atoms with Gasteiger partial charge in [-0.15, -0.1) is 0 Å². The first-order chi connectivity index (χ1) is 12.3. The summed E-state index contributed by atoms with van der Waals surface area (Å²) in [7, 11) is 0. The lowest BCUT2D eigenvalue weighted by molar-refractivity contribution is -0.117. The highest BCUT2D eigenvalue weighted by molar-refractivity contribution is 6.00. The first-order valence-electron chi connectivity index (χ1n) is 8.18. The fourth-order valence-corrected chi connectivity index (χ4v) is 3.69. The van der Waals surface area contributed by atoms with E-state index in [9.17, 15) is 4.79 Å². The molecule has 0 aromatic carbocycles. The van der Waals surface area contributed by atoms with Crippen molar-refractivity contribution in [2.24, 2.45) is 0 Å². The Labute approximate surface area is 143 Å². The molecule has 4 heterocycles. The minimum Gasteiger partial charge on any atom is -0.469 e. The third kappa shape index (κ3) is 2.20. The van der Waals surface area contributed by atoms with Crippen LogP contribution in [-0.2, 0) is 4.79 Å². The van der Waals surface area contributed by atoms with Gasteiger partial charge in [0.05, 0.1) is 12.0 Å². The number of fused-ring (bicyclic) bond motifs is 1. The van der Waals surface area contributed by atoms with Gasteiger partial charge in [0, 0.05) is 29.8 Å². The quantitative estimate of drug-likeness (QED) is 0.776. The van der Waals surface area contributed by atoms with Gasteiger partial charge in [0.1, 0.15) is 18.1 Å². The molecule has 0 spiro atoms. The summed E-state index contributed by atoms with van der Waals surface area (Å²) in [5.41, 5.74) is 2.39. The van der Waals surface area contributed by atoms with Gasteiger partial charge in [0.25, 0.3) is 0 Å². The number of Topliss-reactive ketones (excluding diaryl/α,β-unsaturated/α-hetero) is 1. The predicted molar refractivity (Wildman–Crippen MR) is 88.7 cm³/mol. The smallest absolute Gasteiger partial charge is 0.226 e. The van der Waals surface area contributed by atoms with Crippen LogP contribution in [0.1, 0.15) is 36.3 Å². The van der Waals surface area contributed by atoms with Crippen LogP contribution in [0, 0.1) is 0 Å². The lowest BCUT2D eigenvalue weighted by Gasteiger charge is -2.34. The summed E-state index contributed by atoms with van der Waals surface area (Å²) in [5.74, 6) is 1.59. The topological polar surface area (TPSA) is 85.8 Å². The van der Waals surface area contributed by atoms with E-state index in [1.165, 1.54) is 6.33 Å². The molecule has 1 aliphatic carbocycles. The van der Waals surface area contributed by atoms with Crippen molar-refractivity contribution in [3.63, 3.8) is 0 Å². The van der Waals surface area contributed by atoms with Crippen molar-refractivity contribution in [1.29, 1.82) is 0 Å². The van der Waals surface area contributed by atoms with E-state index in [1.54, 1.807) is 17.1 Å². The number of carbonyl (C=O) groups is 1. The second kappa shape index (κ2) is 5.41. The number of hydrogen-bond donors (Lipinski definition) is 1. The predicted octanol–water partition coefficient (Wildman–Crippen LogP) is 2.68. The average molecular weight is 333 g/mol. The third-order valence-corrected chi connectivity index (χ3v) is 4.78. The molecule has 3 aromatic rings. The Hall–Kier alpha value is -3.22. The largest absolute Gasteiger partial charge is 0.469 e. The van der Waals surface area contributed by atoms with E-state index in [4.69, 9.17) is 4.42 Å². The average Bonchev–Trinajstić information content (AvgIpc) is 3.32. The number of hydrogen-bond acceptors (Lipinski definition) is 6. The summed E-state index contributed by atoms with van der Waals surface area (Å²) in [5, 5.41) is 7.59. The van der Waals surface area contributed by atoms with Gasteiger partial charge in [0.2, 0.25) is 5.95 Å². The molecule has 1 N–H and O–H groups in total. The van der Waals surface area contributed by atoms with Gasteiger partial charge in [-0.05, 0) is 30.7 Å². The van der Waals surface area contributed by atoms with E-state index in [1.807, 2.05) is 30.3 Å². The van der Waals surface area contributed by atoms with Crippen molar-refractivity contribution in [2.75, 3.05) is 5.32 Å². The van der Waals surface area contributed by atoms with Crippen LogP contribution in [0.25, 0.3) is 0 Å². The van der Waals surface area contributed by atoms with Gasteiger partial charge in [0.15, 0.2) is 5.78 Å². The van der Waals surface area contributed by atoms with E-state index in [2.05, 4.69) is 20.4 Å². The van der Waals surface area contributed by atoms with Gasteiger partial charge in [-0.1, -0.05) is 6.07 Å². The Balaban J connectivity index is 1.63. The van der Waals surface area contributed by atoms with Crippen LogP contribution >= 0.6 is 0 Å². The number of rotatable bonds is 2. The van der Waals surface area contributed by atoms with Crippen LogP contribution in [0.5, 0.6) is 0 Å². The lowest BCUT2D eigenvalue weighted by atomic mass is 9.80. The molecule has 0 saturated heterocycles. The Morgan fingerprint density at radius 2 is 2.12 bits per heavy atom. The molecule has 0 unspecified atom stereocenters. The zero-order chi connectivity index (χ0) is 16.8. The maximum atomic E-state index is 13.0. The summed E-state index contributed by atoms with van der Waals surface area (Å²) >= 11 is 0.